The first kappa shape index (κ1) is 17.9. The molecule has 0 spiro atoms. The highest BCUT2D eigenvalue weighted by Crippen LogP contribution is 2.23. The van der Waals surface area contributed by atoms with Crippen LogP contribution in [0.15, 0.2) is 22.7 Å². The van der Waals surface area contributed by atoms with Gasteiger partial charge in [-0.05, 0) is 32.0 Å². The molecule has 2 N–H and O–H groups in total. The van der Waals surface area contributed by atoms with Gasteiger partial charge in [-0.3, -0.25) is 4.79 Å². The molecule has 8 heteroatoms. The SMILES string of the molecule is COc1ccc(NC(=O)CSCc2c(C)noc2C)c(C(=O)O)c1. The third-order valence-corrected chi connectivity index (χ3v) is 4.35. The Morgan fingerprint density at radius 3 is 2.71 bits per heavy atom. The predicted octanol–water partition coefficient (Wildman–Crippen LogP) is 2.87. The van der Waals surface area contributed by atoms with Gasteiger partial charge >= 0.3 is 5.97 Å². The van der Waals surface area contributed by atoms with Gasteiger partial charge in [-0.1, -0.05) is 5.16 Å². The number of aromatic nitrogens is 1. The normalized spacial score (nSPS) is 10.5. The lowest BCUT2D eigenvalue weighted by molar-refractivity contribution is -0.113. The first-order chi connectivity index (χ1) is 11.4. The van der Waals surface area contributed by atoms with Crippen LogP contribution in [0.1, 0.15) is 27.4 Å². The Kier molecular flexibility index (Phi) is 5.86. The number of carbonyl (C=O) groups excluding carboxylic acids is 1. The molecule has 24 heavy (non-hydrogen) atoms. The summed E-state index contributed by atoms with van der Waals surface area (Å²) in [5, 5.41) is 15.7. The number of hydrogen-bond acceptors (Lipinski definition) is 6. The monoisotopic (exact) mass is 350 g/mol. The Balaban J connectivity index is 1.96. The Labute approximate surface area is 143 Å². The lowest BCUT2D eigenvalue weighted by atomic mass is 10.1. The van der Waals surface area contributed by atoms with Crippen LogP contribution in [0.4, 0.5) is 5.69 Å². The van der Waals surface area contributed by atoms with Crippen molar-refractivity contribution in [3.63, 3.8) is 0 Å². The van der Waals surface area contributed by atoms with Crippen LogP contribution in [0.2, 0.25) is 0 Å². The fraction of sp³-hybridized carbons (Fsp3) is 0.312. The van der Waals surface area contributed by atoms with Crippen molar-refractivity contribution in [3.05, 3.63) is 40.8 Å². The summed E-state index contributed by atoms with van der Waals surface area (Å²) >= 11 is 1.40. The van der Waals surface area contributed by atoms with Crippen LogP contribution in [0.5, 0.6) is 5.75 Å². The molecule has 0 atom stereocenters. The number of aryl methyl sites for hydroxylation is 2. The number of nitrogens with zero attached hydrogens (tertiary/aromatic N) is 1. The van der Waals surface area contributed by atoms with Gasteiger partial charge in [0.1, 0.15) is 11.5 Å². The van der Waals surface area contributed by atoms with Gasteiger partial charge in [0.25, 0.3) is 0 Å². The zero-order valence-electron chi connectivity index (χ0n) is 13.6. The Morgan fingerprint density at radius 2 is 2.12 bits per heavy atom. The molecule has 0 bridgehead atoms. The predicted molar refractivity (Wildman–Crippen MR) is 90.7 cm³/mol. The second-order valence-electron chi connectivity index (χ2n) is 5.06. The second-order valence-corrected chi connectivity index (χ2v) is 6.05. The molecule has 1 amide bonds. The number of methoxy groups -OCH3 is 1. The van der Waals surface area contributed by atoms with Gasteiger partial charge in [-0.25, -0.2) is 4.79 Å². The van der Waals surface area contributed by atoms with Crippen LogP contribution in [-0.2, 0) is 10.5 Å². The third kappa shape index (κ3) is 4.29. The van der Waals surface area contributed by atoms with E-state index in [0.717, 1.165) is 17.0 Å². The minimum Gasteiger partial charge on any atom is -0.497 e. The smallest absolute Gasteiger partial charge is 0.337 e. The number of carboxylic acid groups (broad SMARTS) is 1. The first-order valence-corrected chi connectivity index (χ1v) is 8.28. The van der Waals surface area contributed by atoms with E-state index in [1.807, 2.05) is 13.8 Å². The van der Waals surface area contributed by atoms with Crippen molar-refractivity contribution in [1.29, 1.82) is 0 Å². The van der Waals surface area contributed by atoms with E-state index >= 15 is 0 Å². The van der Waals surface area contributed by atoms with Crippen LogP contribution in [0, 0.1) is 13.8 Å². The molecule has 0 radical (unpaired) electrons. The second kappa shape index (κ2) is 7.87. The molecule has 1 aromatic carbocycles. The highest BCUT2D eigenvalue weighted by atomic mass is 32.2. The summed E-state index contributed by atoms with van der Waals surface area (Å²) in [6.07, 6.45) is 0. The molecule has 2 aromatic rings. The number of aromatic carboxylic acids is 1. The number of benzene rings is 1. The summed E-state index contributed by atoms with van der Waals surface area (Å²) in [5.41, 5.74) is 2.01. The molecular formula is C16H18N2O5S. The molecule has 1 aromatic heterocycles. The highest BCUT2D eigenvalue weighted by molar-refractivity contribution is 7.99. The topological polar surface area (TPSA) is 102 Å². The molecule has 1 heterocycles. The summed E-state index contributed by atoms with van der Waals surface area (Å²) in [6, 6.07) is 4.48. The maximum atomic E-state index is 12.0. The van der Waals surface area contributed by atoms with E-state index in [9.17, 15) is 14.7 Å². The van der Waals surface area contributed by atoms with Gasteiger partial charge in [-0.2, -0.15) is 0 Å². The van der Waals surface area contributed by atoms with Crippen LogP contribution in [0.25, 0.3) is 0 Å². The van der Waals surface area contributed by atoms with Crippen LogP contribution in [-0.4, -0.2) is 35.0 Å². The van der Waals surface area contributed by atoms with E-state index in [1.54, 1.807) is 6.07 Å². The van der Waals surface area contributed by atoms with Crippen molar-refractivity contribution in [2.75, 3.05) is 18.2 Å². The molecule has 0 unspecified atom stereocenters. The van der Waals surface area contributed by atoms with Gasteiger partial charge in [0.05, 0.1) is 29.8 Å². The first-order valence-electron chi connectivity index (χ1n) is 7.13. The number of amides is 1. The van der Waals surface area contributed by atoms with Crippen molar-refractivity contribution in [1.82, 2.24) is 5.16 Å². The standard InChI is InChI=1S/C16H18N2O5S/c1-9-13(10(2)23-18-9)7-24-8-15(19)17-14-5-4-11(22-3)6-12(14)16(20)21/h4-6H,7-8H2,1-3H3,(H,17,19)(H,20,21). The zero-order chi connectivity index (χ0) is 17.7. The number of nitrogens with one attached hydrogen (secondary N) is 1. The quantitative estimate of drug-likeness (QED) is 0.791. The third-order valence-electron chi connectivity index (χ3n) is 3.39. The Morgan fingerprint density at radius 1 is 1.38 bits per heavy atom. The van der Waals surface area contributed by atoms with E-state index < -0.39 is 5.97 Å². The molecular weight excluding hydrogens is 332 g/mol. The van der Waals surface area contributed by atoms with Gasteiger partial charge in [0.15, 0.2) is 0 Å². The molecule has 2 rings (SSSR count). The molecule has 0 saturated heterocycles. The zero-order valence-corrected chi connectivity index (χ0v) is 14.4. The van der Waals surface area contributed by atoms with Crippen molar-refractivity contribution >= 4 is 29.3 Å². The van der Waals surface area contributed by atoms with E-state index in [0.29, 0.717) is 11.5 Å². The highest BCUT2D eigenvalue weighted by Gasteiger charge is 2.15. The fourth-order valence-electron chi connectivity index (χ4n) is 2.08. The van der Waals surface area contributed by atoms with E-state index in [4.69, 9.17) is 9.26 Å². The van der Waals surface area contributed by atoms with Crippen LogP contribution >= 0.6 is 11.8 Å². The molecule has 0 saturated carbocycles. The van der Waals surface area contributed by atoms with Gasteiger partial charge in [-0.15, -0.1) is 11.8 Å². The molecule has 0 aliphatic heterocycles. The lowest BCUT2D eigenvalue weighted by Crippen LogP contribution is -2.16. The molecule has 128 valence electrons. The Hall–Kier alpha value is -2.48. The Bertz CT molecular complexity index is 737. The van der Waals surface area contributed by atoms with Crippen molar-refractivity contribution in [2.45, 2.75) is 19.6 Å². The van der Waals surface area contributed by atoms with Crippen molar-refractivity contribution < 1.29 is 24.0 Å². The lowest BCUT2D eigenvalue weighted by Gasteiger charge is -2.10. The number of carbonyl (C=O) groups is 2. The number of rotatable bonds is 7. The summed E-state index contributed by atoms with van der Waals surface area (Å²) < 4.78 is 10.1. The molecule has 0 aliphatic rings. The maximum Gasteiger partial charge on any atom is 0.337 e. The van der Waals surface area contributed by atoms with Crippen LogP contribution < -0.4 is 10.1 Å². The summed E-state index contributed by atoms with van der Waals surface area (Å²) in [7, 11) is 1.45. The number of ether oxygens (including phenoxy) is 1. The average Bonchev–Trinajstić information content (AvgIpc) is 2.87. The molecule has 7 nitrogen and oxygen atoms in total. The average molecular weight is 350 g/mol. The largest absolute Gasteiger partial charge is 0.497 e. The number of hydrogen-bond donors (Lipinski definition) is 2. The van der Waals surface area contributed by atoms with Crippen LogP contribution in [0.3, 0.4) is 0 Å². The minimum atomic E-state index is -1.13. The van der Waals surface area contributed by atoms with Gasteiger partial charge in [0, 0.05) is 11.3 Å². The van der Waals surface area contributed by atoms with Crippen molar-refractivity contribution in [3.8, 4) is 5.75 Å². The number of anilines is 1. The minimum absolute atomic E-state index is 0.0153. The van der Waals surface area contributed by atoms with E-state index in [2.05, 4.69) is 10.5 Å². The van der Waals surface area contributed by atoms with E-state index in [1.165, 1.54) is 31.0 Å². The maximum absolute atomic E-state index is 12.0. The summed E-state index contributed by atoms with van der Waals surface area (Å²) in [6.45, 7) is 3.68. The molecule has 0 aliphatic carbocycles. The van der Waals surface area contributed by atoms with Gasteiger partial charge < -0.3 is 19.7 Å². The fourth-order valence-corrected chi connectivity index (χ4v) is 3.05. The number of carboxylic acids is 1. The van der Waals surface area contributed by atoms with E-state index in [-0.39, 0.29) is 22.9 Å². The summed E-state index contributed by atoms with van der Waals surface area (Å²) in [4.78, 5) is 23.3. The summed E-state index contributed by atoms with van der Waals surface area (Å²) in [5.74, 6) is 0.534. The number of thioether (sulfide) groups is 1. The molecule has 0 fully saturated rings. The van der Waals surface area contributed by atoms with Crippen molar-refractivity contribution in [2.24, 2.45) is 0 Å². The van der Waals surface area contributed by atoms with Gasteiger partial charge in [0.2, 0.25) is 5.91 Å².